The fourth-order valence-electron chi connectivity index (χ4n) is 4.85. The summed E-state index contributed by atoms with van der Waals surface area (Å²) < 4.78 is 0. The van der Waals surface area contributed by atoms with Crippen molar-refractivity contribution < 1.29 is 9.59 Å². The summed E-state index contributed by atoms with van der Waals surface area (Å²) in [6.07, 6.45) is 5.01. The molecule has 1 aromatic heterocycles. The van der Waals surface area contributed by atoms with Crippen molar-refractivity contribution in [3.63, 3.8) is 0 Å². The van der Waals surface area contributed by atoms with Gasteiger partial charge in [0, 0.05) is 48.5 Å². The first-order valence-electron chi connectivity index (χ1n) is 11.9. The number of aryl methyl sites for hydroxylation is 1. The van der Waals surface area contributed by atoms with Gasteiger partial charge in [-0.25, -0.2) is 9.78 Å². The van der Waals surface area contributed by atoms with E-state index in [-0.39, 0.29) is 23.9 Å². The minimum absolute atomic E-state index is 0.0546. The molecule has 4 N–H and O–H groups in total. The normalized spacial score (nSPS) is 18.0. The first kappa shape index (κ1) is 24.3. The van der Waals surface area contributed by atoms with E-state index in [0.717, 1.165) is 56.4 Å². The van der Waals surface area contributed by atoms with E-state index in [0.29, 0.717) is 29.6 Å². The van der Waals surface area contributed by atoms with Crippen molar-refractivity contribution in [3.8, 4) is 0 Å². The number of carbonyl (C=O) groups excluding carboxylic acids is 2. The van der Waals surface area contributed by atoms with E-state index in [1.165, 1.54) is 0 Å². The lowest BCUT2D eigenvalue weighted by molar-refractivity contribution is -0.138. The maximum absolute atomic E-state index is 13.1. The Balaban J connectivity index is 1.18. The third-order valence-corrected chi connectivity index (χ3v) is 6.85. The summed E-state index contributed by atoms with van der Waals surface area (Å²) in [7, 11) is 0. The Labute approximate surface area is 205 Å². The summed E-state index contributed by atoms with van der Waals surface area (Å²) >= 11 is 6.07. The van der Waals surface area contributed by atoms with E-state index in [1.54, 1.807) is 12.3 Å². The molecule has 3 heterocycles. The van der Waals surface area contributed by atoms with Crippen LogP contribution in [0, 0.1) is 12.8 Å². The standard InChI is InChI=1S/C25H33ClN6O2/c1-17-12-20(26)15-22(13-17)30-25(34)29-21-5-10-32(11-6-21)24(33)19-3-8-31(9-4-19)16-18-2-7-28-23(27)14-18/h2,7,12-15,19,21H,3-6,8-11,16H2,1H3,(H2,27,28)(H2,29,30,34). The smallest absolute Gasteiger partial charge is 0.319 e. The molecule has 2 aromatic rings. The number of rotatable bonds is 5. The Morgan fingerprint density at radius 1 is 1.09 bits per heavy atom. The molecule has 182 valence electrons. The number of pyridine rings is 1. The van der Waals surface area contributed by atoms with Crippen molar-refractivity contribution in [2.45, 2.75) is 45.2 Å². The molecule has 0 saturated carbocycles. The Morgan fingerprint density at radius 3 is 2.50 bits per heavy atom. The quantitative estimate of drug-likeness (QED) is 0.601. The molecule has 0 radical (unpaired) electrons. The van der Waals surface area contributed by atoms with Crippen LogP contribution < -0.4 is 16.4 Å². The first-order valence-corrected chi connectivity index (χ1v) is 12.3. The van der Waals surface area contributed by atoms with Crippen molar-refractivity contribution in [3.05, 3.63) is 52.7 Å². The van der Waals surface area contributed by atoms with Crippen LogP contribution in [-0.4, -0.2) is 58.9 Å². The number of carbonyl (C=O) groups is 2. The Morgan fingerprint density at radius 2 is 1.82 bits per heavy atom. The average molecular weight is 485 g/mol. The number of halogens is 1. The number of benzene rings is 1. The maximum Gasteiger partial charge on any atom is 0.319 e. The first-order chi connectivity index (χ1) is 16.4. The van der Waals surface area contributed by atoms with Crippen LogP contribution in [0.1, 0.15) is 36.8 Å². The predicted molar refractivity (Wildman–Crippen MR) is 135 cm³/mol. The Bertz CT molecular complexity index is 996. The fourth-order valence-corrected chi connectivity index (χ4v) is 5.14. The van der Waals surface area contributed by atoms with E-state index < -0.39 is 0 Å². The molecule has 0 bridgehead atoms. The number of hydrogen-bond acceptors (Lipinski definition) is 5. The molecule has 0 atom stereocenters. The van der Waals surface area contributed by atoms with Crippen LogP contribution in [0.4, 0.5) is 16.3 Å². The summed E-state index contributed by atoms with van der Waals surface area (Å²) in [4.78, 5) is 33.8. The number of likely N-dealkylation sites (tertiary alicyclic amines) is 2. The van der Waals surface area contributed by atoms with Crippen molar-refractivity contribution in [2.75, 3.05) is 37.2 Å². The molecular weight excluding hydrogens is 452 g/mol. The number of hydrogen-bond donors (Lipinski definition) is 3. The van der Waals surface area contributed by atoms with Gasteiger partial charge in [0.1, 0.15) is 5.82 Å². The monoisotopic (exact) mass is 484 g/mol. The lowest BCUT2D eigenvalue weighted by atomic mass is 9.93. The lowest BCUT2D eigenvalue weighted by Gasteiger charge is -2.37. The number of nitrogens with two attached hydrogens (primary N) is 1. The number of nitrogens with one attached hydrogen (secondary N) is 2. The molecule has 0 aliphatic carbocycles. The van der Waals surface area contributed by atoms with E-state index in [1.807, 2.05) is 36.1 Å². The minimum atomic E-state index is -0.241. The van der Waals surface area contributed by atoms with Crippen molar-refractivity contribution in [1.82, 2.24) is 20.1 Å². The number of amides is 3. The number of piperidine rings is 2. The van der Waals surface area contributed by atoms with Gasteiger partial charge in [0.25, 0.3) is 0 Å². The summed E-state index contributed by atoms with van der Waals surface area (Å²) in [6, 6.07) is 9.16. The molecule has 0 spiro atoms. The zero-order valence-electron chi connectivity index (χ0n) is 19.6. The topological polar surface area (TPSA) is 104 Å². The molecule has 1 aromatic carbocycles. The molecule has 0 unspecified atom stereocenters. The van der Waals surface area contributed by atoms with Gasteiger partial charge in [-0.1, -0.05) is 11.6 Å². The van der Waals surface area contributed by atoms with Crippen LogP contribution >= 0.6 is 11.6 Å². The van der Waals surface area contributed by atoms with Crippen LogP contribution in [-0.2, 0) is 11.3 Å². The van der Waals surface area contributed by atoms with Gasteiger partial charge in [0.2, 0.25) is 5.91 Å². The van der Waals surface area contributed by atoms with Crippen LogP contribution in [0.3, 0.4) is 0 Å². The molecule has 3 amide bonds. The van der Waals surface area contributed by atoms with Crippen molar-refractivity contribution in [1.29, 1.82) is 0 Å². The van der Waals surface area contributed by atoms with E-state index >= 15 is 0 Å². The van der Waals surface area contributed by atoms with Gasteiger partial charge in [0.05, 0.1) is 0 Å². The molecule has 9 heteroatoms. The molecule has 2 fully saturated rings. The average Bonchev–Trinajstić information content (AvgIpc) is 2.79. The van der Waals surface area contributed by atoms with Crippen LogP contribution in [0.15, 0.2) is 36.5 Å². The lowest BCUT2D eigenvalue weighted by Crippen LogP contribution is -2.50. The Kier molecular flexibility index (Phi) is 7.90. The van der Waals surface area contributed by atoms with Gasteiger partial charge < -0.3 is 21.3 Å². The molecule has 34 heavy (non-hydrogen) atoms. The van der Waals surface area contributed by atoms with E-state index in [9.17, 15) is 9.59 Å². The predicted octanol–water partition coefficient (Wildman–Crippen LogP) is 3.65. The highest BCUT2D eigenvalue weighted by Crippen LogP contribution is 2.24. The highest BCUT2D eigenvalue weighted by Gasteiger charge is 2.31. The third-order valence-electron chi connectivity index (χ3n) is 6.63. The van der Waals surface area contributed by atoms with Crippen molar-refractivity contribution in [2.24, 2.45) is 5.92 Å². The minimum Gasteiger partial charge on any atom is -0.384 e. The number of anilines is 2. The van der Waals surface area contributed by atoms with E-state index in [4.69, 9.17) is 17.3 Å². The van der Waals surface area contributed by atoms with Crippen LogP contribution in [0.25, 0.3) is 0 Å². The van der Waals surface area contributed by atoms with Gasteiger partial charge in [-0.05, 0) is 87.2 Å². The number of nitrogen functional groups attached to an aromatic ring is 1. The zero-order chi connectivity index (χ0) is 24.1. The highest BCUT2D eigenvalue weighted by molar-refractivity contribution is 6.31. The second kappa shape index (κ2) is 11.1. The van der Waals surface area contributed by atoms with E-state index in [2.05, 4.69) is 20.5 Å². The Hall–Kier alpha value is -2.84. The van der Waals surface area contributed by atoms with Gasteiger partial charge in [-0.15, -0.1) is 0 Å². The van der Waals surface area contributed by atoms with Gasteiger partial charge in [-0.3, -0.25) is 9.69 Å². The largest absolute Gasteiger partial charge is 0.384 e. The summed E-state index contributed by atoms with van der Waals surface area (Å²) in [5, 5.41) is 6.47. The second-order valence-corrected chi connectivity index (χ2v) is 9.79. The maximum atomic E-state index is 13.1. The zero-order valence-corrected chi connectivity index (χ0v) is 20.4. The summed E-state index contributed by atoms with van der Waals surface area (Å²) in [6.45, 7) is 5.93. The van der Waals surface area contributed by atoms with Gasteiger partial charge >= 0.3 is 6.03 Å². The van der Waals surface area contributed by atoms with Crippen molar-refractivity contribution >= 4 is 35.0 Å². The number of urea groups is 1. The molecule has 4 rings (SSSR count). The molecule has 8 nitrogen and oxygen atoms in total. The fraction of sp³-hybridized carbons (Fsp3) is 0.480. The molecule has 2 aliphatic heterocycles. The summed E-state index contributed by atoms with van der Waals surface area (Å²) in [5.74, 6) is 0.875. The van der Waals surface area contributed by atoms with Crippen LogP contribution in [0.2, 0.25) is 5.02 Å². The number of nitrogens with zero attached hydrogens (tertiary/aromatic N) is 3. The SMILES string of the molecule is Cc1cc(Cl)cc(NC(=O)NC2CCN(C(=O)C3CCN(Cc4ccnc(N)c4)CC3)CC2)c1. The van der Waals surface area contributed by atoms with Gasteiger partial charge in [0.15, 0.2) is 0 Å². The number of aromatic nitrogens is 1. The molecule has 2 aliphatic rings. The third kappa shape index (κ3) is 6.61. The highest BCUT2D eigenvalue weighted by atomic mass is 35.5. The van der Waals surface area contributed by atoms with Crippen LogP contribution in [0.5, 0.6) is 0 Å². The second-order valence-electron chi connectivity index (χ2n) is 9.35. The summed E-state index contributed by atoms with van der Waals surface area (Å²) in [5.41, 5.74) is 8.60. The molecule has 2 saturated heterocycles. The molecular formula is C25H33ClN6O2. The van der Waals surface area contributed by atoms with Gasteiger partial charge in [-0.2, -0.15) is 0 Å².